The average Bonchev–Trinajstić information content (AvgIpc) is 1.60. The van der Waals surface area contributed by atoms with Crippen molar-refractivity contribution >= 4 is 112 Å². The van der Waals surface area contributed by atoms with Gasteiger partial charge in [0.1, 0.15) is 23.6 Å². The highest BCUT2D eigenvalue weighted by Crippen LogP contribution is 2.43. The summed E-state index contributed by atoms with van der Waals surface area (Å²) in [6.07, 6.45) is 22.8. The maximum atomic E-state index is 15.4. The SMILES string of the molecule is COC(=O)C1CCC(C=O)CC1.COC(=O)C1CCC(c2nc3c4cnccc4ccc3n2CC(F)(F)c2ccccc2)CC1.Fc1ccc2ccncc2c1.NCC(F)(F)c1ccccc1.Nc1c(NCC(F)(F)c2ccccc2)ccc2ccncc12.O=[N+]([O-])c1c(F)ccc2ccncc12.O=[N+]([O-])c1c(NCC(F)(F)c2ccccc2)ccc2ccncc12. The summed E-state index contributed by atoms with van der Waals surface area (Å²) >= 11 is 0. The van der Waals surface area contributed by atoms with Crippen molar-refractivity contribution in [2.45, 2.75) is 87.5 Å². The Morgan fingerprint density at radius 3 is 1.34 bits per heavy atom. The van der Waals surface area contributed by atoms with Crippen LogP contribution in [0.3, 0.4) is 0 Å². The number of hydrogen-bond acceptors (Lipinski definition) is 19. The van der Waals surface area contributed by atoms with Crippen LogP contribution in [0.15, 0.2) is 280 Å². The summed E-state index contributed by atoms with van der Waals surface area (Å²) in [5.41, 5.74) is 12.2. The number of nitro benzene ring substituents is 2. The molecule has 0 spiro atoms. The monoisotopic (exact) mass is 1740 g/mol. The highest BCUT2D eigenvalue weighted by molar-refractivity contribution is 6.04. The van der Waals surface area contributed by atoms with E-state index in [-0.39, 0.29) is 80.4 Å². The van der Waals surface area contributed by atoms with Gasteiger partial charge in [-0.3, -0.25) is 54.7 Å². The lowest BCUT2D eigenvalue weighted by atomic mass is 9.81. The van der Waals surface area contributed by atoms with Crippen molar-refractivity contribution in [2.24, 2.45) is 23.5 Å². The van der Waals surface area contributed by atoms with E-state index in [2.05, 4.69) is 40.3 Å². The molecule has 22 nitrogen and oxygen atoms in total. The third-order valence-corrected chi connectivity index (χ3v) is 21.5. The number of nitrogen functional groups attached to an aromatic ring is 1. The lowest BCUT2D eigenvalue weighted by Crippen LogP contribution is -2.26. The van der Waals surface area contributed by atoms with Gasteiger partial charge in [0.15, 0.2) is 0 Å². The maximum Gasteiger partial charge on any atom is 0.314 e. The molecular weight excluding hydrogens is 1660 g/mol. The topological polar surface area (TPSA) is 314 Å². The number of methoxy groups -OCH3 is 2. The second-order valence-electron chi connectivity index (χ2n) is 29.7. The van der Waals surface area contributed by atoms with Crippen LogP contribution in [0.4, 0.5) is 72.3 Å². The van der Waals surface area contributed by atoms with Crippen LogP contribution in [0, 0.1) is 49.6 Å². The molecule has 6 aromatic heterocycles. The summed E-state index contributed by atoms with van der Waals surface area (Å²) in [6.45, 7) is -2.40. The van der Waals surface area contributed by atoms with Gasteiger partial charge in [0.25, 0.3) is 23.7 Å². The summed E-state index contributed by atoms with van der Waals surface area (Å²) < 4.78 is 150. The molecule has 0 amide bonds. The van der Waals surface area contributed by atoms with Gasteiger partial charge in [-0.25, -0.2) is 9.37 Å². The number of pyridine rings is 5. The van der Waals surface area contributed by atoms with Crippen LogP contribution in [-0.4, -0.2) is 96.4 Å². The number of nitrogens with one attached hydrogen (secondary N) is 2. The van der Waals surface area contributed by atoms with E-state index >= 15 is 8.78 Å². The van der Waals surface area contributed by atoms with Crippen LogP contribution in [0.1, 0.15) is 85.4 Å². The number of imidazole rings is 1. The van der Waals surface area contributed by atoms with Gasteiger partial charge in [-0.05, 0) is 145 Å². The third-order valence-electron chi connectivity index (χ3n) is 21.5. The smallest absolute Gasteiger partial charge is 0.314 e. The number of esters is 2. The number of carbonyl (C=O) groups is 3. The number of rotatable bonds is 19. The van der Waals surface area contributed by atoms with E-state index in [1.54, 1.807) is 133 Å². The first-order chi connectivity index (χ1) is 61.0. The predicted molar refractivity (Wildman–Crippen MR) is 467 cm³/mol. The van der Waals surface area contributed by atoms with Gasteiger partial charge in [-0.1, -0.05) is 152 Å². The van der Waals surface area contributed by atoms with Crippen LogP contribution in [0.5, 0.6) is 0 Å². The van der Waals surface area contributed by atoms with Crippen LogP contribution in [0.25, 0.3) is 64.9 Å². The van der Waals surface area contributed by atoms with Crippen molar-refractivity contribution in [1.29, 1.82) is 0 Å². The van der Waals surface area contributed by atoms with Gasteiger partial charge < -0.3 is 40.9 Å². The van der Waals surface area contributed by atoms with Gasteiger partial charge in [0, 0.05) is 112 Å². The number of aldehydes is 1. The fourth-order valence-corrected chi connectivity index (χ4v) is 14.6. The molecule has 0 saturated heterocycles. The van der Waals surface area contributed by atoms with Gasteiger partial charge in [0.05, 0.1) is 95.3 Å². The van der Waals surface area contributed by atoms with E-state index in [0.717, 1.165) is 70.4 Å². The maximum absolute atomic E-state index is 15.4. The Morgan fingerprint density at radius 1 is 0.465 bits per heavy atom. The van der Waals surface area contributed by atoms with Gasteiger partial charge >= 0.3 is 23.3 Å². The number of aromatic nitrogens is 7. The summed E-state index contributed by atoms with van der Waals surface area (Å²) in [4.78, 5) is 78.7. The largest absolute Gasteiger partial charge is 0.469 e. The Kier molecular flexibility index (Phi) is 31.8. The van der Waals surface area contributed by atoms with Gasteiger partial charge in [0.2, 0.25) is 5.82 Å². The van der Waals surface area contributed by atoms with Crippen molar-refractivity contribution in [3.63, 3.8) is 0 Å². The number of nitro groups is 2. The second kappa shape index (κ2) is 43.3. The van der Waals surface area contributed by atoms with E-state index in [0.29, 0.717) is 70.1 Å². The van der Waals surface area contributed by atoms with E-state index < -0.39 is 71.2 Å². The number of benzene rings is 9. The van der Waals surface area contributed by atoms with Crippen molar-refractivity contribution in [3.05, 3.63) is 340 Å². The van der Waals surface area contributed by atoms with Crippen LogP contribution in [0.2, 0.25) is 0 Å². The number of anilines is 3. The lowest BCUT2D eigenvalue weighted by molar-refractivity contribution is -0.385. The van der Waals surface area contributed by atoms with E-state index in [4.69, 9.17) is 21.2 Å². The molecule has 6 N–H and O–H groups in total. The highest BCUT2D eigenvalue weighted by atomic mass is 19.3. The van der Waals surface area contributed by atoms with Gasteiger partial charge in [-0.15, -0.1) is 0 Å². The lowest BCUT2D eigenvalue weighted by Gasteiger charge is -2.28. The quantitative estimate of drug-likeness (QED) is 0.0146. The number of ether oxygens (including phenoxy) is 2. The third kappa shape index (κ3) is 24.1. The van der Waals surface area contributed by atoms with Crippen molar-refractivity contribution < 1.29 is 77.6 Å². The fourth-order valence-electron chi connectivity index (χ4n) is 14.6. The molecule has 127 heavy (non-hydrogen) atoms. The number of nitrogens with zero attached hydrogens (tertiary/aromatic N) is 9. The zero-order valence-corrected chi connectivity index (χ0v) is 68.6. The number of fused-ring (bicyclic) bond motifs is 7. The summed E-state index contributed by atoms with van der Waals surface area (Å²) in [7, 11) is 2.81. The van der Waals surface area contributed by atoms with Crippen molar-refractivity contribution in [3.8, 4) is 0 Å². The molecule has 2 saturated carbocycles. The number of carbonyl (C=O) groups excluding carboxylic acids is 3. The molecule has 6 heterocycles. The van der Waals surface area contributed by atoms with Gasteiger partial charge in [-0.2, -0.15) is 39.5 Å². The molecule has 0 radical (unpaired) electrons. The molecule has 0 bridgehead atoms. The molecule has 2 fully saturated rings. The Morgan fingerprint density at radius 2 is 0.858 bits per heavy atom. The first-order valence-electron chi connectivity index (χ1n) is 40.1. The van der Waals surface area contributed by atoms with Crippen molar-refractivity contribution in [2.75, 3.05) is 50.2 Å². The Labute approximate surface area is 721 Å². The molecule has 17 rings (SSSR count). The van der Waals surface area contributed by atoms with E-state index in [1.165, 1.54) is 124 Å². The molecule has 0 atom stereocenters. The number of hydrogen-bond donors (Lipinski definition) is 4. The van der Waals surface area contributed by atoms with Crippen molar-refractivity contribution in [1.82, 2.24) is 34.5 Å². The first kappa shape index (κ1) is 93.3. The summed E-state index contributed by atoms with van der Waals surface area (Å²) in [5.74, 6) is -12.7. The Bertz CT molecular complexity index is 6240. The van der Waals surface area contributed by atoms with E-state index in [1.807, 2.05) is 36.4 Å². The molecule has 0 unspecified atom stereocenters. The summed E-state index contributed by atoms with van der Waals surface area (Å²) in [5, 5.41) is 34.3. The molecule has 0 aliphatic heterocycles. The number of halogens is 10. The number of alkyl halides is 8. The zero-order chi connectivity index (χ0) is 90.8. The minimum absolute atomic E-state index is 0.00315. The number of nitrogens with two attached hydrogens (primary N) is 2. The first-order valence-corrected chi connectivity index (χ1v) is 40.1. The second-order valence-corrected chi connectivity index (χ2v) is 29.7. The molecule has 656 valence electrons. The Balaban J connectivity index is 0.000000150. The minimum atomic E-state index is -3.15. The van der Waals surface area contributed by atoms with Crippen LogP contribution < -0.4 is 22.1 Å². The molecule has 9 aromatic carbocycles. The highest BCUT2D eigenvalue weighted by Gasteiger charge is 2.38. The molecule has 32 heteroatoms. The zero-order valence-electron chi connectivity index (χ0n) is 68.6. The summed E-state index contributed by atoms with van der Waals surface area (Å²) in [6, 6.07) is 57.0. The predicted octanol–water partition coefficient (Wildman–Crippen LogP) is 21.7. The minimum Gasteiger partial charge on any atom is -0.469 e. The molecule has 15 aromatic rings. The Hall–Kier alpha value is -14.4. The average molecular weight is 1740 g/mol. The molecule has 2 aliphatic carbocycles. The van der Waals surface area contributed by atoms with Crippen LogP contribution >= 0.6 is 0 Å². The van der Waals surface area contributed by atoms with E-state index in [9.17, 15) is 69.7 Å². The molecule has 2 aliphatic rings. The normalized spacial score (nSPS) is 14.9. The molecular formula is C95H87F10N13O9. The fraction of sp³-hybridized carbons (Fsp3) is 0.232. The standard InChI is InChI=1S/C26H25F2N3O2.C17H13F2N3O2.C17H15F2N3.C9H5FN2O2.C9H6FN.C9H14O3.C8H9F2N/c1-33-25(32)19-9-7-18(8-10-19)24-30-23-21-15-29-14-13-17(21)11-12-22(23)31(24)16-26(27,28)20-5-3-2-4-6-20;18-17(19,13-4-2-1-3-5-13)11-21-15-7-6-12-8-9-20-10-14(12)16(15)22(23)24;18-17(19,13-4-2-1-3-5-13)11-22-15-7-6-12-8-9-21-10-14(12)16(15)20;10-8-2-1-6-3-4-11-5-7(6)9(8)12(13)14;10-9-2-1-7-3-4-11-6-8(7)5-9;1-12-9(11)8-4-2-7(6-10)3-5-8;9-8(10,6-11)7-4-2-1-3-5-7/h2-6,11-15,18-19H,7-10,16H2,1H3;1-10,21H,11H2;1-10,22H,11,20H2;1-5H;1-6H;6-8H,2-5H2,1H3;1-5H,6,11H2. The van der Waals surface area contributed by atoms with Crippen LogP contribution in [-0.2, 0) is 54.1 Å².